The number of halogens is 1. The summed E-state index contributed by atoms with van der Waals surface area (Å²) in [6.07, 6.45) is 4.08. The molecule has 0 unspecified atom stereocenters. The fourth-order valence-corrected chi connectivity index (χ4v) is 6.63. The molecule has 2 aromatic rings. The van der Waals surface area contributed by atoms with Crippen LogP contribution in [0, 0.1) is 5.92 Å². The summed E-state index contributed by atoms with van der Waals surface area (Å²) in [6, 6.07) is 12.8. The lowest BCUT2D eigenvalue weighted by Crippen LogP contribution is -2.49. The third kappa shape index (κ3) is 4.94. The molecule has 1 N–H and O–H groups in total. The molecule has 0 spiro atoms. The molecule has 0 saturated carbocycles. The zero-order valence-corrected chi connectivity index (χ0v) is 22.7. The van der Waals surface area contributed by atoms with Gasteiger partial charge in [0.2, 0.25) is 5.91 Å². The summed E-state index contributed by atoms with van der Waals surface area (Å²) in [5, 5.41) is 11.8. The fraction of sp³-hybridized carbons (Fsp3) is 0.500. The van der Waals surface area contributed by atoms with Gasteiger partial charge in [-0.05, 0) is 68.4 Å². The number of benzene rings is 2. The van der Waals surface area contributed by atoms with E-state index in [2.05, 4.69) is 4.90 Å². The second-order valence-electron chi connectivity index (χ2n) is 11.2. The van der Waals surface area contributed by atoms with Crippen LogP contribution in [0.2, 0.25) is 5.02 Å². The highest BCUT2D eigenvalue weighted by atomic mass is 35.5. The Kier molecular flexibility index (Phi) is 7.12. The molecule has 0 bridgehead atoms. The molecule has 9 heteroatoms. The standard InChI is InChI=1S/C30H34ClN3O5/c31-22-8-6-21(7-9-22)30(38)12-16-33(17-13-30)27(35)20-10-14-32(15-11-20)25-5-1-4-24-26(25)29(37)34(28(24)36)19-23-3-2-18-39-23/h1,4-9,20,23,38H,2-3,10-19H2/t23-/m0/s1. The maximum Gasteiger partial charge on any atom is 0.263 e. The van der Waals surface area contributed by atoms with Crippen LogP contribution < -0.4 is 4.90 Å². The smallest absolute Gasteiger partial charge is 0.263 e. The molecule has 6 rings (SSSR count). The third-order valence-electron chi connectivity index (χ3n) is 8.86. The third-order valence-corrected chi connectivity index (χ3v) is 9.11. The van der Waals surface area contributed by atoms with Gasteiger partial charge >= 0.3 is 0 Å². The number of aliphatic hydroxyl groups is 1. The van der Waals surface area contributed by atoms with Crippen LogP contribution in [0.3, 0.4) is 0 Å². The summed E-state index contributed by atoms with van der Waals surface area (Å²) in [5.74, 6) is -0.449. The molecule has 4 aliphatic heterocycles. The maximum atomic E-state index is 13.4. The zero-order valence-electron chi connectivity index (χ0n) is 22.0. The van der Waals surface area contributed by atoms with E-state index in [0.717, 1.165) is 24.1 Å². The van der Waals surface area contributed by atoms with Crippen LogP contribution in [0.4, 0.5) is 5.69 Å². The zero-order chi connectivity index (χ0) is 27.1. The van der Waals surface area contributed by atoms with Crippen LogP contribution >= 0.6 is 11.6 Å². The number of hydrogen-bond donors (Lipinski definition) is 1. The summed E-state index contributed by atoms with van der Waals surface area (Å²) in [4.78, 5) is 45.1. The number of ether oxygens (including phenoxy) is 1. The lowest BCUT2D eigenvalue weighted by atomic mass is 9.83. The van der Waals surface area contributed by atoms with Gasteiger partial charge in [0, 0.05) is 43.7 Å². The predicted octanol–water partition coefficient (Wildman–Crippen LogP) is 3.84. The first kappa shape index (κ1) is 26.3. The Labute approximate surface area is 233 Å². The van der Waals surface area contributed by atoms with Crippen LogP contribution in [0.5, 0.6) is 0 Å². The topological polar surface area (TPSA) is 90.4 Å². The molecule has 206 valence electrons. The number of amides is 3. The lowest BCUT2D eigenvalue weighted by molar-refractivity contribution is -0.140. The maximum absolute atomic E-state index is 13.4. The van der Waals surface area contributed by atoms with Crippen molar-refractivity contribution >= 4 is 35.0 Å². The Morgan fingerprint density at radius 1 is 0.974 bits per heavy atom. The fourth-order valence-electron chi connectivity index (χ4n) is 6.51. The van der Waals surface area contributed by atoms with Gasteiger partial charge in [0.1, 0.15) is 0 Å². The number of nitrogens with zero attached hydrogens (tertiary/aromatic N) is 3. The normalized spacial score (nSPS) is 23.4. The van der Waals surface area contributed by atoms with Gasteiger partial charge in [-0.15, -0.1) is 0 Å². The number of imide groups is 1. The van der Waals surface area contributed by atoms with E-state index in [0.29, 0.717) is 81.2 Å². The first-order valence-electron chi connectivity index (χ1n) is 14.0. The van der Waals surface area contributed by atoms with Crippen molar-refractivity contribution in [2.24, 2.45) is 5.92 Å². The molecule has 4 heterocycles. The average Bonchev–Trinajstić information content (AvgIpc) is 3.56. The van der Waals surface area contributed by atoms with Crippen molar-refractivity contribution < 1.29 is 24.2 Å². The van der Waals surface area contributed by atoms with Crippen LogP contribution in [-0.2, 0) is 15.1 Å². The second kappa shape index (κ2) is 10.6. The molecule has 0 aliphatic carbocycles. The van der Waals surface area contributed by atoms with E-state index in [1.165, 1.54) is 4.90 Å². The van der Waals surface area contributed by atoms with Gasteiger partial charge in [-0.2, -0.15) is 0 Å². The molecule has 3 fully saturated rings. The number of rotatable bonds is 5. The number of hydrogen-bond acceptors (Lipinski definition) is 6. The monoisotopic (exact) mass is 551 g/mol. The van der Waals surface area contributed by atoms with E-state index in [1.54, 1.807) is 18.2 Å². The van der Waals surface area contributed by atoms with Gasteiger partial charge in [0.25, 0.3) is 11.8 Å². The number of carbonyl (C=O) groups is 3. The first-order valence-corrected chi connectivity index (χ1v) is 14.3. The summed E-state index contributed by atoms with van der Waals surface area (Å²) in [5.41, 5.74) is 1.60. The van der Waals surface area contributed by atoms with E-state index >= 15 is 0 Å². The molecular formula is C30H34ClN3O5. The average molecular weight is 552 g/mol. The minimum absolute atomic E-state index is 0.0885. The van der Waals surface area contributed by atoms with Crippen molar-refractivity contribution in [3.63, 3.8) is 0 Å². The van der Waals surface area contributed by atoms with Crippen molar-refractivity contribution in [1.29, 1.82) is 0 Å². The Balaban J connectivity index is 1.07. The van der Waals surface area contributed by atoms with E-state index in [4.69, 9.17) is 16.3 Å². The van der Waals surface area contributed by atoms with Crippen molar-refractivity contribution in [1.82, 2.24) is 9.80 Å². The summed E-state index contributed by atoms with van der Waals surface area (Å²) in [6.45, 7) is 3.28. The van der Waals surface area contributed by atoms with E-state index in [9.17, 15) is 19.5 Å². The quantitative estimate of drug-likeness (QED) is 0.568. The number of anilines is 1. The molecular weight excluding hydrogens is 518 g/mol. The molecule has 0 radical (unpaired) electrons. The van der Waals surface area contributed by atoms with Gasteiger partial charge in [-0.3, -0.25) is 19.3 Å². The summed E-state index contributed by atoms with van der Waals surface area (Å²) in [7, 11) is 0. The Bertz CT molecular complexity index is 1260. The van der Waals surface area contributed by atoms with Crippen molar-refractivity contribution in [2.75, 3.05) is 44.2 Å². The van der Waals surface area contributed by atoms with Crippen molar-refractivity contribution in [3.8, 4) is 0 Å². The molecule has 39 heavy (non-hydrogen) atoms. The van der Waals surface area contributed by atoms with E-state index in [1.807, 2.05) is 29.2 Å². The molecule has 3 amide bonds. The van der Waals surface area contributed by atoms with Gasteiger partial charge in [0.15, 0.2) is 0 Å². The molecule has 2 aromatic carbocycles. The highest BCUT2D eigenvalue weighted by molar-refractivity contribution is 6.30. The number of fused-ring (bicyclic) bond motifs is 1. The number of carbonyl (C=O) groups excluding carboxylic acids is 3. The molecule has 1 atom stereocenters. The highest BCUT2D eigenvalue weighted by Crippen LogP contribution is 2.37. The minimum atomic E-state index is -0.944. The predicted molar refractivity (Wildman–Crippen MR) is 147 cm³/mol. The van der Waals surface area contributed by atoms with Crippen LogP contribution in [0.15, 0.2) is 42.5 Å². The molecule has 8 nitrogen and oxygen atoms in total. The highest BCUT2D eigenvalue weighted by Gasteiger charge is 2.41. The van der Waals surface area contributed by atoms with Crippen LogP contribution in [0.25, 0.3) is 0 Å². The SMILES string of the molecule is O=C(C1CCN(c2cccc3c2C(=O)N(C[C@@H]2CCCO2)C3=O)CC1)N1CCC(O)(c2ccc(Cl)cc2)CC1. The van der Waals surface area contributed by atoms with Crippen LogP contribution in [0.1, 0.15) is 64.8 Å². The summed E-state index contributed by atoms with van der Waals surface area (Å²) < 4.78 is 5.67. The van der Waals surface area contributed by atoms with Gasteiger partial charge < -0.3 is 19.6 Å². The van der Waals surface area contributed by atoms with Crippen molar-refractivity contribution in [3.05, 3.63) is 64.2 Å². The largest absolute Gasteiger partial charge is 0.385 e. The summed E-state index contributed by atoms with van der Waals surface area (Å²) >= 11 is 6.00. The number of piperidine rings is 2. The minimum Gasteiger partial charge on any atom is -0.385 e. The molecule has 3 saturated heterocycles. The first-order chi connectivity index (χ1) is 18.8. The second-order valence-corrected chi connectivity index (χ2v) is 11.6. The Morgan fingerprint density at radius 2 is 1.69 bits per heavy atom. The van der Waals surface area contributed by atoms with Crippen LogP contribution in [-0.4, -0.2) is 78.1 Å². The van der Waals surface area contributed by atoms with Crippen molar-refractivity contribution in [2.45, 2.75) is 50.2 Å². The Morgan fingerprint density at radius 3 is 2.36 bits per heavy atom. The Hall–Kier alpha value is -2.94. The molecule has 4 aliphatic rings. The van der Waals surface area contributed by atoms with Gasteiger partial charge in [0.05, 0.1) is 35.1 Å². The molecule has 0 aromatic heterocycles. The lowest BCUT2D eigenvalue weighted by Gasteiger charge is -2.41. The van der Waals surface area contributed by atoms with Gasteiger partial charge in [-0.25, -0.2) is 0 Å². The van der Waals surface area contributed by atoms with E-state index < -0.39 is 5.60 Å². The van der Waals surface area contributed by atoms with E-state index in [-0.39, 0.29) is 29.7 Å². The van der Waals surface area contributed by atoms with Gasteiger partial charge in [-0.1, -0.05) is 29.8 Å². The number of likely N-dealkylation sites (tertiary alicyclic amines) is 1.